The molecule has 3 heterocycles. The third kappa shape index (κ3) is 7.21. The first-order chi connectivity index (χ1) is 19.5. The zero-order chi connectivity index (χ0) is 29.8. The molecule has 2 unspecified atom stereocenters. The Bertz CT molecular complexity index is 1200. The summed E-state index contributed by atoms with van der Waals surface area (Å²) in [5.74, 6) is 0.223. The number of nitro benzene ring substituents is 1. The van der Waals surface area contributed by atoms with Gasteiger partial charge in [0.2, 0.25) is 5.91 Å². The molecule has 0 aliphatic carbocycles. The predicted octanol–water partition coefficient (Wildman–Crippen LogP) is 2.37. The number of rotatable bonds is 11. The fraction of sp³-hybridized carbons (Fsp3) is 0.654. The van der Waals surface area contributed by atoms with E-state index in [9.17, 15) is 30.2 Å². The van der Waals surface area contributed by atoms with Gasteiger partial charge in [-0.3, -0.25) is 19.8 Å². The number of aliphatic hydroxyl groups excluding tert-OH is 3. The summed E-state index contributed by atoms with van der Waals surface area (Å²) in [6.45, 7) is 4.80. The average Bonchev–Trinajstić information content (AvgIpc) is 3.57. The highest BCUT2D eigenvalue weighted by molar-refractivity contribution is 8.01. The monoisotopic (exact) mass is 627 g/mol. The Kier molecular flexibility index (Phi) is 11.0. The maximum atomic E-state index is 13.6. The maximum absolute atomic E-state index is 13.6. The highest BCUT2D eigenvalue weighted by Crippen LogP contribution is 2.38. The molecule has 1 amide bonds. The van der Waals surface area contributed by atoms with Gasteiger partial charge in [0.05, 0.1) is 22.6 Å². The average molecular weight is 628 g/mol. The molecule has 2 aliphatic rings. The van der Waals surface area contributed by atoms with Gasteiger partial charge >= 0.3 is 0 Å². The van der Waals surface area contributed by atoms with Crippen molar-refractivity contribution in [3.63, 3.8) is 0 Å². The van der Waals surface area contributed by atoms with Crippen LogP contribution in [0.15, 0.2) is 28.6 Å². The Morgan fingerprint density at radius 1 is 1.27 bits per heavy atom. The van der Waals surface area contributed by atoms with E-state index >= 15 is 0 Å². The van der Waals surface area contributed by atoms with Gasteiger partial charge in [0.25, 0.3) is 5.69 Å². The maximum Gasteiger partial charge on any atom is 0.279 e. The van der Waals surface area contributed by atoms with Crippen LogP contribution >= 0.6 is 34.9 Å². The summed E-state index contributed by atoms with van der Waals surface area (Å²) in [4.78, 5) is 26.7. The van der Waals surface area contributed by atoms with Crippen molar-refractivity contribution in [3.05, 3.63) is 34.4 Å². The standard InChI is InChI=1S/C26H37N5O7S3/c1-5-8-14-11-17(30(3)12-14)23(35)27-18(22-20(33)19(32)21(34)25(38-22)39-4)13(2)40-26-29-28-24(41-26)15-9-6-7-10-16(15)31(36)37/h6-7,9-10,13-14,17-22,25,32-34H,5,8,11-12H2,1-4H3,(H,27,35)/t13?,14-,17+,18?,19+,20-,21-,22-,25-/m1/s1. The summed E-state index contributed by atoms with van der Waals surface area (Å²) in [7, 11) is 1.93. The summed E-state index contributed by atoms with van der Waals surface area (Å²) in [6, 6.07) is 5.20. The van der Waals surface area contributed by atoms with Gasteiger partial charge < -0.3 is 25.4 Å². The summed E-state index contributed by atoms with van der Waals surface area (Å²) in [6.07, 6.45) is -0.691. The van der Waals surface area contributed by atoms with E-state index in [0.717, 1.165) is 25.8 Å². The molecule has 9 atom stereocenters. The second-order valence-electron chi connectivity index (χ2n) is 10.5. The number of aliphatic hydroxyl groups is 3. The highest BCUT2D eigenvalue weighted by Gasteiger charge is 2.49. The van der Waals surface area contributed by atoms with Gasteiger partial charge in [-0.15, -0.1) is 22.0 Å². The molecule has 2 saturated heterocycles. The highest BCUT2D eigenvalue weighted by atomic mass is 32.2. The molecule has 4 N–H and O–H groups in total. The number of carbonyl (C=O) groups excluding carboxylic acids is 1. The zero-order valence-corrected chi connectivity index (χ0v) is 25.8. The molecule has 2 fully saturated rings. The number of benzene rings is 1. The smallest absolute Gasteiger partial charge is 0.279 e. The molecule has 0 spiro atoms. The molecule has 15 heteroatoms. The summed E-state index contributed by atoms with van der Waals surface area (Å²) in [5.41, 5.74) is -0.518. The number of hydrogen-bond donors (Lipinski definition) is 4. The van der Waals surface area contributed by atoms with Crippen molar-refractivity contribution in [2.24, 2.45) is 5.92 Å². The fourth-order valence-electron chi connectivity index (χ4n) is 5.53. The first-order valence-corrected chi connectivity index (χ1v) is 16.5. The Labute approximate surface area is 251 Å². The molecule has 0 radical (unpaired) electrons. The lowest BCUT2D eigenvalue weighted by Crippen LogP contribution is -2.65. The van der Waals surface area contributed by atoms with Crippen molar-refractivity contribution in [3.8, 4) is 10.6 Å². The molecular formula is C26H37N5O7S3. The number of carbonyl (C=O) groups is 1. The van der Waals surface area contributed by atoms with Gasteiger partial charge in [0.1, 0.15) is 29.9 Å². The minimum atomic E-state index is -1.46. The summed E-state index contributed by atoms with van der Waals surface area (Å²) < 4.78 is 6.58. The lowest BCUT2D eigenvalue weighted by atomic mass is 9.92. The third-order valence-electron chi connectivity index (χ3n) is 7.67. The van der Waals surface area contributed by atoms with E-state index in [2.05, 4.69) is 22.4 Å². The van der Waals surface area contributed by atoms with E-state index in [4.69, 9.17) is 4.74 Å². The van der Waals surface area contributed by atoms with Crippen molar-refractivity contribution in [1.82, 2.24) is 20.4 Å². The number of amides is 1. The lowest BCUT2D eigenvalue weighted by Gasteiger charge is -2.44. The number of ether oxygens (including phenoxy) is 1. The molecule has 0 bridgehead atoms. The van der Waals surface area contributed by atoms with Crippen molar-refractivity contribution >= 4 is 46.5 Å². The van der Waals surface area contributed by atoms with Crippen LogP contribution in [0.1, 0.15) is 33.1 Å². The van der Waals surface area contributed by atoms with Crippen LogP contribution in [0.25, 0.3) is 10.6 Å². The molecular weight excluding hydrogens is 591 g/mol. The first kappa shape index (κ1) is 32.1. The van der Waals surface area contributed by atoms with Crippen LogP contribution in [0.5, 0.6) is 0 Å². The van der Waals surface area contributed by atoms with Crippen molar-refractivity contribution < 1.29 is 29.8 Å². The van der Waals surface area contributed by atoms with Gasteiger partial charge in [0.15, 0.2) is 9.35 Å². The molecule has 0 saturated carbocycles. The van der Waals surface area contributed by atoms with E-state index in [-0.39, 0.29) is 17.6 Å². The molecule has 1 aromatic carbocycles. The number of hydrogen-bond acceptors (Lipinski definition) is 13. The van der Waals surface area contributed by atoms with Gasteiger partial charge in [-0.05, 0) is 38.1 Å². The van der Waals surface area contributed by atoms with E-state index in [1.54, 1.807) is 24.5 Å². The number of thioether (sulfide) groups is 2. The lowest BCUT2D eigenvalue weighted by molar-refractivity contribution is -0.384. The van der Waals surface area contributed by atoms with E-state index < -0.39 is 46.1 Å². The molecule has 1 aromatic heterocycles. The van der Waals surface area contributed by atoms with Crippen LogP contribution in [0.4, 0.5) is 5.69 Å². The van der Waals surface area contributed by atoms with Crippen LogP contribution < -0.4 is 5.32 Å². The van der Waals surface area contributed by atoms with Crippen LogP contribution in [-0.2, 0) is 9.53 Å². The van der Waals surface area contributed by atoms with Crippen LogP contribution in [-0.4, -0.2) is 108 Å². The number of likely N-dealkylation sites (tertiary alicyclic amines) is 1. The normalized spacial score (nSPS) is 30.2. The number of likely N-dealkylation sites (N-methyl/N-ethyl adjacent to an activating group) is 1. The van der Waals surface area contributed by atoms with Gasteiger partial charge in [-0.1, -0.05) is 55.5 Å². The Hall–Kier alpha value is -1.85. The topological polar surface area (TPSA) is 171 Å². The second-order valence-corrected chi connectivity index (χ2v) is 14.1. The second kappa shape index (κ2) is 14.1. The number of nitrogens with zero attached hydrogens (tertiary/aromatic N) is 4. The SMILES string of the molecule is CCC[C@@H]1C[C@@H](C(=O)NC(C(C)Sc2nnc(-c3ccccc3[N+](=O)[O-])s2)[C@H]2O[C@H](SC)[C@H](O)[C@@H](O)[C@H]2O)N(C)C1. The number of para-hydroxylation sites is 1. The van der Waals surface area contributed by atoms with E-state index in [0.29, 0.717) is 20.8 Å². The van der Waals surface area contributed by atoms with Crippen molar-refractivity contribution in [1.29, 1.82) is 0 Å². The molecule has 226 valence electrons. The summed E-state index contributed by atoms with van der Waals surface area (Å²) >= 11 is 3.68. The van der Waals surface area contributed by atoms with Crippen LogP contribution in [0, 0.1) is 16.0 Å². The third-order valence-corrected chi connectivity index (χ3v) is 10.8. The molecule has 41 heavy (non-hydrogen) atoms. The van der Waals surface area contributed by atoms with E-state index in [1.807, 2.05) is 18.9 Å². The van der Waals surface area contributed by atoms with Gasteiger partial charge in [0, 0.05) is 17.9 Å². The summed E-state index contributed by atoms with van der Waals surface area (Å²) in [5, 5.41) is 55.0. The van der Waals surface area contributed by atoms with Gasteiger partial charge in [-0.25, -0.2) is 0 Å². The first-order valence-electron chi connectivity index (χ1n) is 13.5. The Morgan fingerprint density at radius 3 is 2.68 bits per heavy atom. The minimum Gasteiger partial charge on any atom is -0.388 e. The number of nitro groups is 1. The molecule has 12 nitrogen and oxygen atoms in total. The number of aromatic nitrogens is 2. The van der Waals surface area contributed by atoms with Gasteiger partial charge in [-0.2, -0.15) is 0 Å². The Balaban J connectivity index is 1.58. The van der Waals surface area contributed by atoms with Crippen LogP contribution in [0.2, 0.25) is 0 Å². The van der Waals surface area contributed by atoms with E-state index in [1.165, 1.54) is 40.9 Å². The molecule has 2 aliphatic heterocycles. The van der Waals surface area contributed by atoms with Crippen LogP contribution in [0.3, 0.4) is 0 Å². The molecule has 2 aromatic rings. The number of nitrogens with one attached hydrogen (secondary N) is 1. The Morgan fingerprint density at radius 2 is 2.00 bits per heavy atom. The molecule has 4 rings (SSSR count). The predicted molar refractivity (Wildman–Crippen MR) is 159 cm³/mol. The van der Waals surface area contributed by atoms with Crippen molar-refractivity contribution in [2.45, 2.75) is 84.6 Å². The zero-order valence-electron chi connectivity index (χ0n) is 23.3. The fourth-order valence-corrected chi connectivity index (χ4v) is 8.48. The minimum absolute atomic E-state index is 0.0742. The quantitative estimate of drug-likeness (QED) is 0.163. The largest absolute Gasteiger partial charge is 0.388 e. The van der Waals surface area contributed by atoms with Crippen molar-refractivity contribution in [2.75, 3.05) is 19.8 Å².